The number of carbonyl (C=O) groups is 1. The Morgan fingerprint density at radius 3 is 2.76 bits per heavy atom. The van der Waals surface area contributed by atoms with E-state index in [1.807, 2.05) is 0 Å². The molecule has 4 nitrogen and oxygen atoms in total. The van der Waals surface area contributed by atoms with Gasteiger partial charge < -0.3 is 9.47 Å². The largest absolute Gasteiger partial charge is 0.465 e. The summed E-state index contributed by atoms with van der Waals surface area (Å²) in [6.45, 7) is 0.852. The van der Waals surface area contributed by atoms with Crippen LogP contribution < -0.4 is 0 Å². The molecule has 0 bridgehead atoms. The monoisotopic (exact) mass is 353 g/mol. The van der Waals surface area contributed by atoms with Gasteiger partial charge in [-0.15, -0.1) is 0 Å². The molecular weight excluding hydrogens is 334 g/mol. The molecule has 2 saturated carbocycles. The molecule has 21 heavy (non-hydrogen) atoms. The van der Waals surface area contributed by atoms with Crippen LogP contribution in [0.5, 0.6) is 0 Å². The quantitative estimate of drug-likeness (QED) is 0.757. The highest BCUT2D eigenvalue weighted by Gasteiger charge is 2.37. The molecule has 2 aliphatic carbocycles. The van der Waals surface area contributed by atoms with Crippen molar-refractivity contribution >= 4 is 21.9 Å². The molecule has 5 heteroatoms. The number of rotatable bonds is 5. The summed E-state index contributed by atoms with van der Waals surface area (Å²) in [6, 6.07) is 1.79. The van der Waals surface area contributed by atoms with E-state index in [9.17, 15) is 4.79 Å². The normalized spacial score (nSPS) is 25.0. The highest BCUT2D eigenvalue weighted by atomic mass is 79.9. The Morgan fingerprint density at radius 1 is 1.38 bits per heavy atom. The maximum absolute atomic E-state index is 11.9. The number of aromatic nitrogens is 1. The van der Waals surface area contributed by atoms with E-state index in [-0.39, 0.29) is 18.0 Å². The van der Waals surface area contributed by atoms with Gasteiger partial charge in [0.15, 0.2) is 0 Å². The lowest BCUT2D eigenvalue weighted by molar-refractivity contribution is -0.0452. The van der Waals surface area contributed by atoms with E-state index in [1.54, 1.807) is 12.3 Å². The third kappa shape index (κ3) is 3.14. The topological polar surface area (TPSA) is 48.4 Å². The SMILES string of the molecule is COC(=O)c1cc(Br)cnc1C1CCC1OCC1CCC1. The summed E-state index contributed by atoms with van der Waals surface area (Å²) in [5.74, 6) is 0.625. The second kappa shape index (κ2) is 6.44. The highest BCUT2D eigenvalue weighted by molar-refractivity contribution is 9.10. The molecule has 0 radical (unpaired) electrons. The molecule has 0 aromatic carbocycles. The van der Waals surface area contributed by atoms with E-state index in [4.69, 9.17) is 9.47 Å². The summed E-state index contributed by atoms with van der Waals surface area (Å²) >= 11 is 3.36. The molecule has 0 amide bonds. The second-order valence-electron chi connectivity index (χ2n) is 5.93. The Labute approximate surface area is 133 Å². The number of esters is 1. The minimum absolute atomic E-state index is 0.197. The van der Waals surface area contributed by atoms with E-state index in [1.165, 1.54) is 26.4 Å². The Balaban J connectivity index is 1.71. The number of ether oxygens (including phenoxy) is 2. The van der Waals surface area contributed by atoms with Crippen molar-refractivity contribution in [2.45, 2.75) is 44.1 Å². The minimum Gasteiger partial charge on any atom is -0.465 e. The standard InChI is InChI=1S/C16H20BrNO3/c1-20-16(19)13-7-11(17)8-18-15(13)12-5-6-14(12)21-9-10-3-2-4-10/h7-8,10,12,14H,2-6,9H2,1H3. The summed E-state index contributed by atoms with van der Waals surface area (Å²) in [6.07, 6.45) is 7.93. The van der Waals surface area contributed by atoms with Gasteiger partial charge in [0.2, 0.25) is 0 Å². The van der Waals surface area contributed by atoms with Crippen LogP contribution in [0.25, 0.3) is 0 Å². The van der Waals surface area contributed by atoms with Gasteiger partial charge in [-0.2, -0.15) is 0 Å². The Kier molecular flexibility index (Phi) is 4.60. The summed E-state index contributed by atoms with van der Waals surface area (Å²) < 4.78 is 11.7. The lowest BCUT2D eigenvalue weighted by Gasteiger charge is -2.38. The molecule has 114 valence electrons. The Bertz CT molecular complexity index is 530. The number of hydrogen-bond donors (Lipinski definition) is 0. The smallest absolute Gasteiger partial charge is 0.339 e. The van der Waals surface area contributed by atoms with Crippen molar-refractivity contribution in [2.24, 2.45) is 5.92 Å². The third-order valence-electron chi connectivity index (χ3n) is 4.62. The molecule has 2 aliphatic rings. The van der Waals surface area contributed by atoms with Crippen molar-refractivity contribution in [3.63, 3.8) is 0 Å². The van der Waals surface area contributed by atoms with E-state index in [0.29, 0.717) is 5.56 Å². The molecule has 3 rings (SSSR count). The number of hydrogen-bond acceptors (Lipinski definition) is 4. The van der Waals surface area contributed by atoms with Gasteiger partial charge in [0.25, 0.3) is 0 Å². The van der Waals surface area contributed by atoms with Gasteiger partial charge in [-0.05, 0) is 53.6 Å². The van der Waals surface area contributed by atoms with Gasteiger partial charge in [-0.1, -0.05) is 6.42 Å². The van der Waals surface area contributed by atoms with Gasteiger partial charge in [0, 0.05) is 23.2 Å². The van der Waals surface area contributed by atoms with Gasteiger partial charge >= 0.3 is 5.97 Å². The van der Waals surface area contributed by atoms with Crippen LogP contribution in [0, 0.1) is 5.92 Å². The fourth-order valence-corrected chi connectivity index (χ4v) is 3.25. The average Bonchev–Trinajstić information content (AvgIpc) is 2.41. The maximum atomic E-state index is 11.9. The summed E-state index contributed by atoms with van der Waals surface area (Å²) in [5.41, 5.74) is 1.36. The third-order valence-corrected chi connectivity index (χ3v) is 5.06. The minimum atomic E-state index is -0.330. The zero-order valence-corrected chi connectivity index (χ0v) is 13.8. The maximum Gasteiger partial charge on any atom is 0.339 e. The first-order valence-electron chi connectivity index (χ1n) is 7.54. The molecule has 1 heterocycles. The number of carbonyl (C=O) groups excluding carboxylic acids is 1. The highest BCUT2D eigenvalue weighted by Crippen LogP contribution is 2.41. The Morgan fingerprint density at radius 2 is 2.19 bits per heavy atom. The predicted molar refractivity (Wildman–Crippen MR) is 82.3 cm³/mol. The van der Waals surface area contributed by atoms with E-state index in [2.05, 4.69) is 20.9 Å². The predicted octanol–water partition coefficient (Wildman–Crippen LogP) is 3.69. The van der Waals surface area contributed by atoms with Gasteiger partial charge in [0.05, 0.1) is 24.5 Å². The molecule has 0 aliphatic heterocycles. The van der Waals surface area contributed by atoms with Gasteiger partial charge in [0.1, 0.15) is 0 Å². The van der Waals surface area contributed by atoms with Crippen LogP contribution in [0.3, 0.4) is 0 Å². The molecule has 0 spiro atoms. The fraction of sp³-hybridized carbons (Fsp3) is 0.625. The summed E-state index contributed by atoms with van der Waals surface area (Å²) in [4.78, 5) is 16.4. The number of methoxy groups -OCH3 is 1. The number of nitrogens with zero attached hydrogens (tertiary/aromatic N) is 1. The lowest BCUT2D eigenvalue weighted by atomic mass is 9.77. The fourth-order valence-electron chi connectivity index (χ4n) is 2.92. The lowest BCUT2D eigenvalue weighted by Crippen LogP contribution is -2.36. The van der Waals surface area contributed by atoms with Crippen LogP contribution >= 0.6 is 15.9 Å². The van der Waals surface area contributed by atoms with E-state index in [0.717, 1.165) is 35.5 Å². The molecule has 0 saturated heterocycles. The van der Waals surface area contributed by atoms with Crippen LogP contribution in [0.4, 0.5) is 0 Å². The summed E-state index contributed by atoms with van der Waals surface area (Å²) in [7, 11) is 1.40. The average molecular weight is 354 g/mol. The first kappa shape index (κ1) is 15.0. The molecule has 2 unspecified atom stereocenters. The van der Waals surface area contributed by atoms with Crippen molar-refractivity contribution in [3.8, 4) is 0 Å². The number of halogens is 1. The van der Waals surface area contributed by atoms with Crippen LogP contribution in [0.1, 0.15) is 54.1 Å². The molecule has 1 aromatic heterocycles. The van der Waals surface area contributed by atoms with Crippen LogP contribution in [0.2, 0.25) is 0 Å². The zero-order chi connectivity index (χ0) is 14.8. The molecule has 2 atom stereocenters. The second-order valence-corrected chi connectivity index (χ2v) is 6.85. The first-order valence-corrected chi connectivity index (χ1v) is 8.33. The molecule has 1 aromatic rings. The first-order chi connectivity index (χ1) is 10.2. The van der Waals surface area contributed by atoms with Crippen molar-refractivity contribution in [1.82, 2.24) is 4.98 Å². The van der Waals surface area contributed by atoms with Gasteiger partial charge in [-0.3, -0.25) is 4.98 Å². The van der Waals surface area contributed by atoms with E-state index < -0.39 is 0 Å². The van der Waals surface area contributed by atoms with Crippen LogP contribution in [-0.2, 0) is 9.47 Å². The zero-order valence-electron chi connectivity index (χ0n) is 12.2. The van der Waals surface area contributed by atoms with Gasteiger partial charge in [-0.25, -0.2) is 4.79 Å². The van der Waals surface area contributed by atoms with Crippen LogP contribution in [0.15, 0.2) is 16.7 Å². The molecule has 0 N–H and O–H groups in total. The van der Waals surface area contributed by atoms with Crippen LogP contribution in [-0.4, -0.2) is 30.8 Å². The van der Waals surface area contributed by atoms with Crippen molar-refractivity contribution in [1.29, 1.82) is 0 Å². The Hall–Kier alpha value is -0.940. The molecule has 2 fully saturated rings. The summed E-state index contributed by atoms with van der Waals surface area (Å²) in [5, 5.41) is 0. The van der Waals surface area contributed by atoms with Crippen molar-refractivity contribution in [2.75, 3.05) is 13.7 Å². The van der Waals surface area contributed by atoms with Crippen molar-refractivity contribution < 1.29 is 14.3 Å². The van der Waals surface area contributed by atoms with Crippen molar-refractivity contribution in [3.05, 3.63) is 28.0 Å². The van der Waals surface area contributed by atoms with E-state index >= 15 is 0 Å². The molecular formula is C16H20BrNO3. The number of pyridine rings is 1.